The van der Waals surface area contributed by atoms with Gasteiger partial charge in [-0.2, -0.15) is 10.5 Å². The first-order valence-corrected chi connectivity index (χ1v) is 18.2. The maximum atomic E-state index is 9.08. The third-order valence-corrected chi connectivity index (χ3v) is 9.73. The molecule has 268 valence electrons. The molecule has 0 saturated heterocycles. The van der Waals surface area contributed by atoms with Crippen LogP contribution in [0.1, 0.15) is 85.8 Å². The Labute approximate surface area is 307 Å². The van der Waals surface area contributed by atoms with Gasteiger partial charge in [0.05, 0.1) is 36.5 Å². The molecule has 4 aromatic rings. The highest BCUT2D eigenvalue weighted by atomic mass is 16.5. The molecule has 4 rings (SSSR count). The summed E-state index contributed by atoms with van der Waals surface area (Å²) in [6.45, 7) is 22.1. The molecule has 0 fully saturated rings. The van der Waals surface area contributed by atoms with Gasteiger partial charge in [-0.05, 0) is 119 Å². The summed E-state index contributed by atoms with van der Waals surface area (Å²) < 4.78 is 12.7. The van der Waals surface area contributed by atoms with Gasteiger partial charge in [-0.15, -0.1) is 0 Å². The lowest BCUT2D eigenvalue weighted by molar-refractivity contribution is 0.0530. The van der Waals surface area contributed by atoms with Crippen LogP contribution >= 0.6 is 0 Å². The molecule has 0 aromatic heterocycles. The Balaban J connectivity index is 1.25. The molecule has 0 radical (unpaired) electrons. The number of nitrogens with zero attached hydrogens (tertiary/aromatic N) is 3. The molecule has 0 amide bonds. The summed E-state index contributed by atoms with van der Waals surface area (Å²) >= 11 is 0. The van der Waals surface area contributed by atoms with Crippen molar-refractivity contribution in [1.29, 1.82) is 10.5 Å². The summed E-state index contributed by atoms with van der Waals surface area (Å²) in [6, 6.07) is 36.2. The predicted octanol–water partition coefficient (Wildman–Crippen LogP) is 11.4. The summed E-state index contributed by atoms with van der Waals surface area (Å²) in [4.78, 5) is 2.53. The first-order valence-electron chi connectivity index (χ1n) is 18.2. The molecule has 0 heterocycles. The highest BCUT2D eigenvalue weighted by Gasteiger charge is 2.35. The van der Waals surface area contributed by atoms with E-state index in [2.05, 4.69) is 104 Å². The average molecular weight is 684 g/mol. The van der Waals surface area contributed by atoms with E-state index in [-0.39, 0.29) is 21.7 Å². The van der Waals surface area contributed by atoms with Crippen LogP contribution in [0, 0.1) is 44.3 Å². The van der Waals surface area contributed by atoms with Gasteiger partial charge in [0, 0.05) is 13.1 Å². The fraction of sp³-hybridized carbons (Fsp3) is 0.435. The molecule has 1 atom stereocenters. The second kappa shape index (κ2) is 16.6. The lowest BCUT2D eigenvalue weighted by Gasteiger charge is -2.42. The van der Waals surface area contributed by atoms with Crippen molar-refractivity contribution in [2.75, 3.05) is 33.4 Å². The summed E-state index contributed by atoms with van der Waals surface area (Å²) in [5.41, 5.74) is 6.00. The second-order valence-electron chi connectivity index (χ2n) is 17.2. The van der Waals surface area contributed by atoms with Crippen molar-refractivity contribution < 1.29 is 9.47 Å². The molecule has 0 N–H and O–H groups in total. The number of rotatable bonds is 17. The minimum atomic E-state index is 0.00372. The Bertz CT molecular complexity index is 1770. The van der Waals surface area contributed by atoms with Crippen LogP contribution in [0.25, 0.3) is 22.3 Å². The average Bonchev–Trinajstić information content (AvgIpc) is 3.09. The van der Waals surface area contributed by atoms with Gasteiger partial charge in [-0.25, -0.2) is 0 Å². The predicted molar refractivity (Wildman–Crippen MR) is 211 cm³/mol. The molecule has 0 spiro atoms. The normalized spacial score (nSPS) is 13.3. The van der Waals surface area contributed by atoms with E-state index in [1.807, 2.05) is 72.8 Å². The smallest absolute Gasteiger partial charge is 0.119 e. The van der Waals surface area contributed by atoms with E-state index in [1.54, 1.807) is 0 Å². The van der Waals surface area contributed by atoms with E-state index in [0.717, 1.165) is 66.1 Å². The number of hydrogen-bond acceptors (Lipinski definition) is 5. The number of ether oxygens (including phenoxy) is 2. The summed E-state index contributed by atoms with van der Waals surface area (Å²) in [7, 11) is 2.27. The first kappa shape index (κ1) is 39.2. The van der Waals surface area contributed by atoms with E-state index in [4.69, 9.17) is 20.0 Å². The Morgan fingerprint density at radius 3 is 1.22 bits per heavy atom. The monoisotopic (exact) mass is 683 g/mol. The van der Waals surface area contributed by atoms with Crippen molar-refractivity contribution in [3.05, 3.63) is 108 Å². The van der Waals surface area contributed by atoms with E-state index in [9.17, 15) is 0 Å². The molecule has 0 aliphatic rings. The van der Waals surface area contributed by atoms with Crippen molar-refractivity contribution >= 4 is 0 Å². The van der Waals surface area contributed by atoms with Crippen LogP contribution in [0.2, 0.25) is 0 Å². The molecular formula is C46H57N3O2. The third kappa shape index (κ3) is 12.0. The summed E-state index contributed by atoms with van der Waals surface area (Å²) in [5.74, 6) is 1.75. The fourth-order valence-electron chi connectivity index (χ4n) is 7.86. The molecular weight excluding hydrogens is 627 g/mol. The molecule has 4 aromatic carbocycles. The van der Waals surface area contributed by atoms with Crippen LogP contribution in [-0.4, -0.2) is 38.3 Å². The standard InChI is InChI=1S/C46H57N3O2/c1-10-46(8,30-45(6,7)34-51-42-25-21-40(22-26-42)38-17-13-36(28-48)14-18-38)32-49(9)31-43(2,3)29-44(4,5)33-50-41-23-19-39(20-24-41)37-15-11-35(27-47)12-16-37/h11-26H,10,29-34H2,1-9H3. The lowest BCUT2D eigenvalue weighted by Crippen LogP contribution is -2.42. The Morgan fingerprint density at radius 2 is 0.863 bits per heavy atom. The molecule has 0 aliphatic carbocycles. The van der Waals surface area contributed by atoms with Crippen molar-refractivity contribution in [2.24, 2.45) is 21.7 Å². The third-order valence-electron chi connectivity index (χ3n) is 9.73. The van der Waals surface area contributed by atoms with Crippen LogP contribution in [0.5, 0.6) is 11.5 Å². The van der Waals surface area contributed by atoms with Gasteiger partial charge in [-0.1, -0.05) is 104 Å². The van der Waals surface area contributed by atoms with Crippen LogP contribution < -0.4 is 9.47 Å². The number of nitriles is 2. The van der Waals surface area contributed by atoms with Gasteiger partial charge in [0.1, 0.15) is 11.5 Å². The zero-order valence-corrected chi connectivity index (χ0v) is 32.3. The Morgan fingerprint density at radius 1 is 0.510 bits per heavy atom. The quantitative estimate of drug-likeness (QED) is 0.111. The molecule has 0 saturated carbocycles. The van der Waals surface area contributed by atoms with E-state index in [1.165, 1.54) is 0 Å². The highest BCUT2D eigenvalue weighted by molar-refractivity contribution is 5.66. The zero-order chi connectivity index (χ0) is 37.3. The minimum absolute atomic E-state index is 0.00372. The van der Waals surface area contributed by atoms with E-state index in [0.29, 0.717) is 24.3 Å². The van der Waals surface area contributed by atoms with Crippen LogP contribution in [0.4, 0.5) is 0 Å². The second-order valence-corrected chi connectivity index (χ2v) is 17.2. The molecule has 5 nitrogen and oxygen atoms in total. The molecule has 0 aliphatic heterocycles. The largest absolute Gasteiger partial charge is 0.493 e. The van der Waals surface area contributed by atoms with Gasteiger partial charge >= 0.3 is 0 Å². The Hall–Kier alpha value is -4.58. The zero-order valence-electron chi connectivity index (χ0n) is 32.3. The number of benzene rings is 4. The van der Waals surface area contributed by atoms with Gasteiger partial charge in [0.2, 0.25) is 0 Å². The van der Waals surface area contributed by atoms with Crippen molar-refractivity contribution in [2.45, 2.75) is 74.7 Å². The first-order chi connectivity index (χ1) is 24.0. The van der Waals surface area contributed by atoms with Crippen molar-refractivity contribution in [3.63, 3.8) is 0 Å². The topological polar surface area (TPSA) is 69.3 Å². The minimum Gasteiger partial charge on any atom is -0.493 e. The fourth-order valence-corrected chi connectivity index (χ4v) is 7.86. The molecule has 51 heavy (non-hydrogen) atoms. The summed E-state index contributed by atoms with van der Waals surface area (Å²) in [6.07, 6.45) is 3.21. The van der Waals surface area contributed by atoms with E-state index >= 15 is 0 Å². The van der Waals surface area contributed by atoms with Gasteiger partial charge in [0.15, 0.2) is 0 Å². The summed E-state index contributed by atoms with van der Waals surface area (Å²) in [5, 5.41) is 18.1. The van der Waals surface area contributed by atoms with Crippen molar-refractivity contribution in [1.82, 2.24) is 4.90 Å². The van der Waals surface area contributed by atoms with Crippen LogP contribution in [-0.2, 0) is 0 Å². The van der Waals surface area contributed by atoms with Gasteiger partial charge in [0.25, 0.3) is 0 Å². The van der Waals surface area contributed by atoms with Gasteiger partial charge < -0.3 is 14.4 Å². The molecule has 1 unspecified atom stereocenters. The van der Waals surface area contributed by atoms with E-state index < -0.39 is 0 Å². The van der Waals surface area contributed by atoms with Crippen molar-refractivity contribution in [3.8, 4) is 45.9 Å². The molecule has 5 heteroatoms. The number of hydrogen-bond donors (Lipinski definition) is 0. The maximum absolute atomic E-state index is 9.08. The maximum Gasteiger partial charge on any atom is 0.119 e. The highest BCUT2D eigenvalue weighted by Crippen LogP contribution is 2.40. The van der Waals surface area contributed by atoms with Crippen LogP contribution in [0.15, 0.2) is 97.1 Å². The molecule has 0 bridgehead atoms. The Kier molecular flexibility index (Phi) is 12.8. The van der Waals surface area contributed by atoms with Crippen LogP contribution in [0.3, 0.4) is 0 Å². The van der Waals surface area contributed by atoms with Gasteiger partial charge in [-0.3, -0.25) is 0 Å². The lowest BCUT2D eigenvalue weighted by atomic mass is 9.71. The SMILES string of the molecule is CCC(C)(CN(C)CC(C)(C)CC(C)(C)COc1ccc(-c2ccc(C#N)cc2)cc1)CC(C)(C)COc1ccc(-c2ccc(C#N)cc2)cc1.